The van der Waals surface area contributed by atoms with Gasteiger partial charge in [-0.05, 0) is 67.3 Å². The number of nitrogens with zero attached hydrogens (tertiary/aromatic N) is 2. The number of rotatable bonds is 7. The zero-order valence-electron chi connectivity index (χ0n) is 19.8. The topological polar surface area (TPSA) is 79.0 Å². The van der Waals surface area contributed by atoms with Crippen molar-refractivity contribution < 1.29 is 19.1 Å². The van der Waals surface area contributed by atoms with Gasteiger partial charge in [0.1, 0.15) is 17.8 Å². The van der Waals surface area contributed by atoms with Crippen molar-refractivity contribution in [3.63, 3.8) is 0 Å². The summed E-state index contributed by atoms with van der Waals surface area (Å²) in [7, 11) is 1.62. The number of methoxy groups -OCH3 is 1. The van der Waals surface area contributed by atoms with Gasteiger partial charge in [-0.1, -0.05) is 42.8 Å². The Bertz CT molecular complexity index is 1110. The third-order valence-corrected chi connectivity index (χ3v) is 7.87. The molecule has 1 spiro atoms. The number of carbonyl (C=O) groups is 3. The van der Waals surface area contributed by atoms with E-state index >= 15 is 0 Å². The van der Waals surface area contributed by atoms with E-state index in [0.29, 0.717) is 18.9 Å². The van der Waals surface area contributed by atoms with Crippen LogP contribution in [0.2, 0.25) is 0 Å². The number of urea groups is 1. The van der Waals surface area contributed by atoms with E-state index < -0.39 is 11.6 Å². The minimum atomic E-state index is -1.05. The number of hydrogen-bond donors (Lipinski definition) is 1. The molecule has 1 saturated heterocycles. The Kier molecular flexibility index (Phi) is 5.80. The Morgan fingerprint density at radius 3 is 2.59 bits per heavy atom. The number of aryl methyl sites for hydroxylation is 1. The molecule has 1 N–H and O–H groups in total. The first-order valence-electron chi connectivity index (χ1n) is 12.1. The molecule has 0 radical (unpaired) electrons. The molecule has 7 heteroatoms. The molecular formula is C27H31N3O4. The van der Waals surface area contributed by atoms with Crippen LogP contribution in [0.3, 0.4) is 0 Å². The first kappa shape index (κ1) is 22.4. The monoisotopic (exact) mass is 461 g/mol. The van der Waals surface area contributed by atoms with E-state index in [2.05, 4.69) is 12.2 Å². The predicted molar refractivity (Wildman–Crippen MR) is 127 cm³/mol. The van der Waals surface area contributed by atoms with Crippen LogP contribution in [0.1, 0.15) is 49.3 Å². The predicted octanol–water partition coefficient (Wildman–Crippen LogP) is 3.61. The Morgan fingerprint density at radius 2 is 1.91 bits per heavy atom. The lowest BCUT2D eigenvalue weighted by Gasteiger charge is -2.39. The van der Waals surface area contributed by atoms with Crippen molar-refractivity contribution in [2.24, 2.45) is 5.92 Å². The smallest absolute Gasteiger partial charge is 0.325 e. The minimum absolute atomic E-state index is 0.0327. The van der Waals surface area contributed by atoms with Gasteiger partial charge < -0.3 is 15.0 Å². The molecule has 2 fully saturated rings. The Morgan fingerprint density at radius 1 is 1.18 bits per heavy atom. The number of ether oxygens (including phenoxy) is 1. The summed E-state index contributed by atoms with van der Waals surface area (Å²) in [6.07, 6.45) is 4.61. The highest BCUT2D eigenvalue weighted by molar-refractivity contribution is 6.09. The highest BCUT2D eigenvalue weighted by atomic mass is 16.5. The van der Waals surface area contributed by atoms with Crippen molar-refractivity contribution >= 4 is 17.8 Å². The Hall–Kier alpha value is -3.35. The molecule has 3 aliphatic rings. The van der Waals surface area contributed by atoms with Crippen LogP contribution in [-0.4, -0.2) is 47.3 Å². The number of nitrogens with one attached hydrogen (secondary N) is 1. The summed E-state index contributed by atoms with van der Waals surface area (Å²) in [5, 5.41) is 2.92. The van der Waals surface area contributed by atoms with Crippen molar-refractivity contribution in [3.05, 3.63) is 65.2 Å². The van der Waals surface area contributed by atoms with Gasteiger partial charge in [-0.25, -0.2) is 4.79 Å². The van der Waals surface area contributed by atoms with Crippen molar-refractivity contribution in [3.8, 4) is 5.75 Å². The first-order valence-corrected chi connectivity index (χ1v) is 12.1. The summed E-state index contributed by atoms with van der Waals surface area (Å²) >= 11 is 0. The van der Waals surface area contributed by atoms with E-state index in [1.807, 2.05) is 53.4 Å². The average Bonchev–Trinajstić information content (AvgIpc) is 3.29. The second kappa shape index (κ2) is 8.78. The molecule has 7 nitrogen and oxygen atoms in total. The molecule has 5 rings (SSSR count). The van der Waals surface area contributed by atoms with E-state index in [1.54, 1.807) is 7.11 Å². The molecule has 1 aliphatic heterocycles. The molecule has 34 heavy (non-hydrogen) atoms. The van der Waals surface area contributed by atoms with E-state index in [0.717, 1.165) is 46.6 Å². The highest BCUT2D eigenvalue weighted by Crippen LogP contribution is 2.41. The van der Waals surface area contributed by atoms with Crippen LogP contribution in [0, 0.1) is 5.92 Å². The fourth-order valence-electron chi connectivity index (χ4n) is 5.52. The van der Waals surface area contributed by atoms with Gasteiger partial charge in [0.25, 0.3) is 5.91 Å². The molecule has 0 aromatic heterocycles. The van der Waals surface area contributed by atoms with Crippen LogP contribution in [0.25, 0.3) is 0 Å². The minimum Gasteiger partial charge on any atom is -0.497 e. The van der Waals surface area contributed by atoms with Crippen molar-refractivity contribution in [2.45, 2.75) is 57.2 Å². The number of amides is 4. The highest BCUT2D eigenvalue weighted by Gasteiger charge is 2.55. The molecule has 2 aromatic carbocycles. The Labute approximate surface area is 200 Å². The standard InChI is InChI=1S/C27H31N3O4/c1-18(20-7-5-8-20)29(16-19-10-12-22(34-2)13-11-19)24(31)17-30-25(32)27(28-26(30)33)15-14-21-6-3-4-9-23(21)27/h3-4,6,9-13,18,20H,5,7-8,14-17H2,1-2H3,(H,28,33)/t18-,27?/m0/s1. The van der Waals surface area contributed by atoms with Crippen molar-refractivity contribution in [2.75, 3.05) is 13.7 Å². The number of fused-ring (bicyclic) bond motifs is 2. The van der Waals surface area contributed by atoms with Crippen LogP contribution in [0.4, 0.5) is 4.79 Å². The molecule has 2 aromatic rings. The van der Waals surface area contributed by atoms with Crippen LogP contribution in [-0.2, 0) is 28.1 Å². The molecule has 0 bridgehead atoms. The SMILES string of the molecule is COc1ccc(CN(C(=O)CN2C(=O)NC3(CCc4ccccc43)C2=O)[C@@H](C)C2CCC2)cc1. The van der Waals surface area contributed by atoms with E-state index in [-0.39, 0.29) is 24.4 Å². The number of carbonyl (C=O) groups excluding carboxylic acids is 3. The van der Waals surface area contributed by atoms with Crippen LogP contribution in [0.15, 0.2) is 48.5 Å². The quantitative estimate of drug-likeness (QED) is 0.639. The van der Waals surface area contributed by atoms with E-state index in [9.17, 15) is 14.4 Å². The van der Waals surface area contributed by atoms with Gasteiger partial charge in [0, 0.05) is 12.6 Å². The van der Waals surface area contributed by atoms with Crippen LogP contribution in [0.5, 0.6) is 5.75 Å². The third-order valence-electron chi connectivity index (χ3n) is 7.87. The molecule has 2 aliphatic carbocycles. The van der Waals surface area contributed by atoms with Crippen LogP contribution >= 0.6 is 0 Å². The number of benzene rings is 2. The van der Waals surface area contributed by atoms with Crippen LogP contribution < -0.4 is 10.1 Å². The lowest BCUT2D eigenvalue weighted by molar-refractivity contribution is -0.142. The summed E-state index contributed by atoms with van der Waals surface area (Å²) in [6.45, 7) is 2.26. The van der Waals surface area contributed by atoms with Gasteiger partial charge >= 0.3 is 6.03 Å². The summed E-state index contributed by atoms with van der Waals surface area (Å²) in [5.74, 6) is 0.673. The molecule has 1 unspecified atom stereocenters. The molecule has 1 heterocycles. The van der Waals surface area contributed by atoms with E-state index in [1.165, 1.54) is 6.42 Å². The maximum absolute atomic E-state index is 13.6. The molecule has 2 atom stereocenters. The van der Waals surface area contributed by atoms with E-state index in [4.69, 9.17) is 4.74 Å². The van der Waals surface area contributed by atoms with Crippen molar-refractivity contribution in [1.29, 1.82) is 0 Å². The van der Waals surface area contributed by atoms with Crippen molar-refractivity contribution in [1.82, 2.24) is 15.1 Å². The summed E-state index contributed by atoms with van der Waals surface area (Å²) in [4.78, 5) is 43.0. The second-order valence-corrected chi connectivity index (χ2v) is 9.69. The molecule has 1 saturated carbocycles. The summed E-state index contributed by atoms with van der Waals surface area (Å²) < 4.78 is 5.25. The largest absolute Gasteiger partial charge is 0.497 e. The summed E-state index contributed by atoms with van der Waals surface area (Å²) in [5.41, 5.74) is 1.86. The van der Waals surface area contributed by atoms with Gasteiger partial charge in [0.2, 0.25) is 5.91 Å². The lowest BCUT2D eigenvalue weighted by Crippen LogP contribution is -2.49. The maximum Gasteiger partial charge on any atom is 0.325 e. The second-order valence-electron chi connectivity index (χ2n) is 9.69. The number of hydrogen-bond acceptors (Lipinski definition) is 4. The maximum atomic E-state index is 13.6. The lowest BCUT2D eigenvalue weighted by atomic mass is 9.79. The fraction of sp³-hybridized carbons (Fsp3) is 0.444. The van der Waals surface area contributed by atoms with Gasteiger partial charge in [0.15, 0.2) is 0 Å². The average molecular weight is 462 g/mol. The van der Waals surface area contributed by atoms with Gasteiger partial charge in [-0.15, -0.1) is 0 Å². The fourth-order valence-corrected chi connectivity index (χ4v) is 5.52. The van der Waals surface area contributed by atoms with Gasteiger partial charge in [-0.3, -0.25) is 14.5 Å². The first-order chi connectivity index (χ1) is 16.4. The molecule has 178 valence electrons. The normalized spacial score (nSPS) is 22.4. The zero-order chi connectivity index (χ0) is 23.9. The zero-order valence-corrected chi connectivity index (χ0v) is 19.8. The van der Waals surface area contributed by atoms with Gasteiger partial charge in [-0.2, -0.15) is 0 Å². The molecular weight excluding hydrogens is 430 g/mol. The Balaban J connectivity index is 1.36. The van der Waals surface area contributed by atoms with Gasteiger partial charge in [0.05, 0.1) is 7.11 Å². The third kappa shape index (κ3) is 3.73. The summed E-state index contributed by atoms with van der Waals surface area (Å²) in [6, 6.07) is 14.9. The molecule has 4 amide bonds. The number of imide groups is 1.